The molecule has 0 radical (unpaired) electrons. The summed E-state index contributed by atoms with van der Waals surface area (Å²) in [5.41, 5.74) is 3.71. The Hall–Kier alpha value is -1.58. The molecule has 0 aliphatic heterocycles. The van der Waals surface area contributed by atoms with Crippen LogP contribution in [0.15, 0.2) is 40.1 Å². The van der Waals surface area contributed by atoms with Crippen molar-refractivity contribution in [1.29, 1.82) is 0 Å². The predicted octanol–water partition coefficient (Wildman–Crippen LogP) is 4.65. The minimum atomic E-state index is 0.851. The highest BCUT2D eigenvalue weighted by atomic mass is 32.1. The molecule has 3 heteroatoms. The monoisotopic (exact) mass is 285 g/mol. The Morgan fingerprint density at radius 1 is 1.15 bits per heavy atom. The molecule has 104 valence electrons. The van der Waals surface area contributed by atoms with E-state index in [1.54, 1.807) is 0 Å². The van der Waals surface area contributed by atoms with E-state index in [9.17, 15) is 0 Å². The van der Waals surface area contributed by atoms with E-state index in [0.29, 0.717) is 0 Å². The molecule has 3 aromatic rings. The Morgan fingerprint density at radius 3 is 2.85 bits per heavy atom. The second-order valence-corrected chi connectivity index (χ2v) is 5.96. The van der Waals surface area contributed by atoms with Crippen LogP contribution in [0, 0.1) is 6.92 Å². The average Bonchev–Trinajstić information content (AvgIpc) is 3.03. The first-order valence-corrected chi connectivity index (χ1v) is 7.90. The summed E-state index contributed by atoms with van der Waals surface area (Å²) in [5, 5.41) is 6.94. The van der Waals surface area contributed by atoms with E-state index in [-0.39, 0.29) is 0 Å². The van der Waals surface area contributed by atoms with Crippen LogP contribution in [-0.4, -0.2) is 0 Å². The summed E-state index contributed by atoms with van der Waals surface area (Å²) in [6, 6.07) is 10.5. The molecule has 0 atom stereocenters. The van der Waals surface area contributed by atoms with E-state index in [2.05, 4.69) is 35.8 Å². The van der Waals surface area contributed by atoms with Gasteiger partial charge in [-0.1, -0.05) is 25.1 Å². The highest BCUT2D eigenvalue weighted by Crippen LogP contribution is 2.25. The summed E-state index contributed by atoms with van der Waals surface area (Å²) in [6.45, 7) is 6.03. The van der Waals surface area contributed by atoms with Gasteiger partial charge in [0.15, 0.2) is 0 Å². The number of aryl methyl sites for hydroxylation is 2. The van der Waals surface area contributed by atoms with Crippen molar-refractivity contribution in [2.24, 2.45) is 0 Å². The Bertz CT molecular complexity index is 711. The Balaban J connectivity index is 1.73. The summed E-state index contributed by atoms with van der Waals surface area (Å²) in [5.74, 6) is 1.01. The Morgan fingerprint density at radius 2 is 2.00 bits per heavy atom. The minimum Gasteiger partial charge on any atom is -0.461 e. The maximum Gasteiger partial charge on any atom is 0.134 e. The van der Waals surface area contributed by atoms with Gasteiger partial charge in [0.1, 0.15) is 11.3 Å². The molecule has 2 nitrogen and oxygen atoms in total. The average molecular weight is 285 g/mol. The molecule has 0 unspecified atom stereocenters. The molecular formula is C17H19NOS. The second-order valence-electron chi connectivity index (χ2n) is 4.96. The molecule has 0 bridgehead atoms. The molecule has 20 heavy (non-hydrogen) atoms. The van der Waals surface area contributed by atoms with E-state index in [0.717, 1.165) is 30.9 Å². The third-order valence-corrected chi connectivity index (χ3v) is 4.67. The van der Waals surface area contributed by atoms with Crippen molar-refractivity contribution in [3.05, 3.63) is 57.5 Å². The van der Waals surface area contributed by atoms with Crippen LogP contribution in [0.5, 0.6) is 0 Å². The lowest BCUT2D eigenvalue weighted by Gasteiger charge is -2.05. The zero-order valence-electron chi connectivity index (χ0n) is 11.9. The normalized spacial score (nSPS) is 11.3. The van der Waals surface area contributed by atoms with Gasteiger partial charge >= 0.3 is 0 Å². The zero-order valence-corrected chi connectivity index (χ0v) is 12.7. The van der Waals surface area contributed by atoms with E-state index in [1.165, 1.54) is 21.4 Å². The Kier molecular flexibility index (Phi) is 3.90. The van der Waals surface area contributed by atoms with Gasteiger partial charge in [-0.2, -0.15) is 0 Å². The van der Waals surface area contributed by atoms with E-state index >= 15 is 0 Å². The lowest BCUT2D eigenvalue weighted by molar-refractivity contribution is 0.565. The Labute approximate surface area is 123 Å². The third kappa shape index (κ3) is 2.51. The van der Waals surface area contributed by atoms with Crippen molar-refractivity contribution < 1.29 is 4.42 Å². The fraction of sp³-hybridized carbons (Fsp3) is 0.294. The number of rotatable bonds is 5. The van der Waals surface area contributed by atoms with Crippen LogP contribution in [0.4, 0.5) is 0 Å². The first kappa shape index (κ1) is 13.4. The molecule has 0 amide bonds. The third-order valence-electron chi connectivity index (χ3n) is 3.71. The number of hydrogen-bond acceptors (Lipinski definition) is 3. The molecule has 1 N–H and O–H groups in total. The number of thiophene rings is 1. The summed E-state index contributed by atoms with van der Waals surface area (Å²) < 4.78 is 5.79. The van der Waals surface area contributed by atoms with Crippen LogP contribution >= 0.6 is 11.3 Å². The topological polar surface area (TPSA) is 25.2 Å². The highest BCUT2D eigenvalue weighted by molar-refractivity contribution is 7.10. The van der Waals surface area contributed by atoms with Crippen molar-refractivity contribution in [3.63, 3.8) is 0 Å². The zero-order chi connectivity index (χ0) is 13.9. The molecule has 0 saturated carbocycles. The standard InChI is InChI=1S/C17H19NOS/c1-3-13-8-9-20-17(13)11-18-10-15-12(2)19-16-7-5-4-6-14(15)16/h4-9,18H,3,10-11H2,1-2H3. The number of benzene rings is 1. The van der Waals surface area contributed by atoms with Gasteiger partial charge in [-0.3, -0.25) is 0 Å². The van der Waals surface area contributed by atoms with E-state index < -0.39 is 0 Å². The summed E-state index contributed by atoms with van der Waals surface area (Å²) in [7, 11) is 0. The predicted molar refractivity (Wildman–Crippen MR) is 85.2 cm³/mol. The molecule has 0 fully saturated rings. The lowest BCUT2D eigenvalue weighted by atomic mass is 10.1. The van der Waals surface area contributed by atoms with Crippen LogP contribution in [0.3, 0.4) is 0 Å². The SMILES string of the molecule is CCc1ccsc1CNCc1c(C)oc2ccccc12. The van der Waals surface area contributed by atoms with E-state index in [1.807, 2.05) is 30.4 Å². The quantitative estimate of drug-likeness (QED) is 0.738. The van der Waals surface area contributed by atoms with Crippen LogP contribution in [0.2, 0.25) is 0 Å². The fourth-order valence-corrected chi connectivity index (χ4v) is 3.52. The smallest absolute Gasteiger partial charge is 0.134 e. The lowest BCUT2D eigenvalue weighted by Crippen LogP contribution is -2.13. The fourth-order valence-electron chi connectivity index (χ4n) is 2.58. The van der Waals surface area contributed by atoms with Gasteiger partial charge in [0.2, 0.25) is 0 Å². The van der Waals surface area contributed by atoms with Crippen LogP contribution in [0.25, 0.3) is 11.0 Å². The second kappa shape index (κ2) is 5.81. The van der Waals surface area contributed by atoms with Gasteiger partial charge in [-0.05, 0) is 36.4 Å². The van der Waals surface area contributed by atoms with Crippen molar-refractivity contribution in [3.8, 4) is 0 Å². The molecule has 0 aliphatic rings. The van der Waals surface area contributed by atoms with Gasteiger partial charge in [0.05, 0.1) is 0 Å². The highest BCUT2D eigenvalue weighted by Gasteiger charge is 2.10. The first-order valence-electron chi connectivity index (χ1n) is 7.02. The maximum atomic E-state index is 5.79. The van der Waals surface area contributed by atoms with Gasteiger partial charge in [-0.15, -0.1) is 11.3 Å². The largest absolute Gasteiger partial charge is 0.461 e. The van der Waals surface area contributed by atoms with Crippen molar-refractivity contribution >= 4 is 22.3 Å². The molecule has 2 heterocycles. The summed E-state index contributed by atoms with van der Waals surface area (Å²) in [4.78, 5) is 1.44. The first-order chi connectivity index (χ1) is 9.79. The van der Waals surface area contributed by atoms with Gasteiger partial charge in [0, 0.05) is 28.9 Å². The van der Waals surface area contributed by atoms with Gasteiger partial charge in [0.25, 0.3) is 0 Å². The molecule has 0 saturated heterocycles. The van der Waals surface area contributed by atoms with Crippen molar-refractivity contribution in [1.82, 2.24) is 5.32 Å². The van der Waals surface area contributed by atoms with E-state index in [4.69, 9.17) is 4.42 Å². The van der Waals surface area contributed by atoms with Crippen molar-refractivity contribution in [2.45, 2.75) is 33.4 Å². The van der Waals surface area contributed by atoms with Gasteiger partial charge < -0.3 is 9.73 Å². The maximum absolute atomic E-state index is 5.79. The number of fused-ring (bicyclic) bond motifs is 1. The molecule has 3 rings (SSSR count). The molecule has 0 aliphatic carbocycles. The van der Waals surface area contributed by atoms with Crippen LogP contribution < -0.4 is 5.32 Å². The van der Waals surface area contributed by atoms with Crippen LogP contribution in [-0.2, 0) is 19.5 Å². The summed E-state index contributed by atoms with van der Waals surface area (Å²) in [6.07, 6.45) is 1.11. The number of furan rings is 1. The molecule has 2 aromatic heterocycles. The number of hydrogen-bond donors (Lipinski definition) is 1. The van der Waals surface area contributed by atoms with Crippen LogP contribution in [0.1, 0.15) is 28.7 Å². The number of para-hydroxylation sites is 1. The van der Waals surface area contributed by atoms with Crippen molar-refractivity contribution in [2.75, 3.05) is 0 Å². The van der Waals surface area contributed by atoms with Gasteiger partial charge in [-0.25, -0.2) is 0 Å². The summed E-state index contributed by atoms with van der Waals surface area (Å²) >= 11 is 1.83. The molecule has 1 aromatic carbocycles. The number of nitrogens with one attached hydrogen (secondary N) is 1. The molecular weight excluding hydrogens is 266 g/mol. The molecule has 0 spiro atoms. The minimum absolute atomic E-state index is 0.851.